The van der Waals surface area contributed by atoms with Gasteiger partial charge in [-0.25, -0.2) is 4.98 Å². The van der Waals surface area contributed by atoms with Crippen molar-refractivity contribution >= 4 is 23.2 Å². The second-order valence-electron chi connectivity index (χ2n) is 3.56. The maximum atomic E-state index is 12.6. The second kappa shape index (κ2) is 4.78. The van der Waals surface area contributed by atoms with E-state index in [-0.39, 0.29) is 10.7 Å². The highest BCUT2D eigenvalue weighted by Crippen LogP contribution is 2.32. The molecule has 0 N–H and O–H groups in total. The minimum Gasteiger partial charge on any atom is -0.243 e. The van der Waals surface area contributed by atoms with Crippen LogP contribution in [0.3, 0.4) is 0 Å². The third-order valence-corrected chi connectivity index (χ3v) is 2.65. The Kier molecular flexibility index (Phi) is 3.50. The van der Waals surface area contributed by atoms with E-state index in [1.54, 1.807) is 18.2 Å². The van der Waals surface area contributed by atoms with Crippen LogP contribution in [0.15, 0.2) is 36.4 Å². The highest BCUT2D eigenvalue weighted by atomic mass is 35.5. The van der Waals surface area contributed by atoms with Crippen LogP contribution in [0.2, 0.25) is 10.0 Å². The summed E-state index contributed by atoms with van der Waals surface area (Å²) in [7, 11) is 0. The number of nitrogens with zero attached hydrogens (tertiary/aromatic N) is 1. The number of benzene rings is 1. The number of pyridine rings is 1. The molecule has 6 heteroatoms. The monoisotopic (exact) mass is 291 g/mol. The summed E-state index contributed by atoms with van der Waals surface area (Å²) in [5.74, 6) is 0. The summed E-state index contributed by atoms with van der Waals surface area (Å²) in [4.78, 5) is 3.55. The lowest BCUT2D eigenvalue weighted by atomic mass is 10.1. The Labute approximate surface area is 111 Å². The number of hydrogen-bond donors (Lipinski definition) is 0. The number of aromatic nitrogens is 1. The lowest BCUT2D eigenvalue weighted by Crippen LogP contribution is -2.08. The summed E-state index contributed by atoms with van der Waals surface area (Å²) in [5, 5.41) is 0.398. The summed E-state index contributed by atoms with van der Waals surface area (Å²) in [5.41, 5.74) is -0.405. The Balaban J connectivity index is 2.55. The summed E-state index contributed by atoms with van der Waals surface area (Å²) in [6.07, 6.45) is -4.53. The molecule has 0 aliphatic rings. The van der Waals surface area contributed by atoms with Gasteiger partial charge in [0.25, 0.3) is 0 Å². The van der Waals surface area contributed by atoms with Gasteiger partial charge in [0, 0.05) is 15.6 Å². The molecular weight excluding hydrogens is 286 g/mol. The fourth-order valence-corrected chi connectivity index (χ4v) is 1.84. The highest BCUT2D eigenvalue weighted by molar-refractivity contribution is 6.31. The molecule has 2 rings (SSSR count). The summed E-state index contributed by atoms with van der Waals surface area (Å²) < 4.78 is 37.8. The fraction of sp³-hybridized carbons (Fsp3) is 0.0833. The van der Waals surface area contributed by atoms with Crippen molar-refractivity contribution in [3.8, 4) is 11.3 Å². The van der Waals surface area contributed by atoms with Crippen molar-refractivity contribution in [3.63, 3.8) is 0 Å². The molecule has 0 radical (unpaired) electrons. The second-order valence-corrected chi connectivity index (χ2v) is 4.44. The zero-order valence-electron chi connectivity index (χ0n) is 8.80. The van der Waals surface area contributed by atoms with Crippen LogP contribution < -0.4 is 0 Å². The van der Waals surface area contributed by atoms with Gasteiger partial charge in [-0.1, -0.05) is 35.3 Å². The average molecular weight is 292 g/mol. The van der Waals surface area contributed by atoms with E-state index in [4.69, 9.17) is 23.2 Å². The Bertz CT molecular complexity index is 582. The predicted octanol–water partition coefficient (Wildman–Crippen LogP) is 5.07. The molecule has 94 valence electrons. The summed E-state index contributed by atoms with van der Waals surface area (Å²) in [6.45, 7) is 0. The fourth-order valence-electron chi connectivity index (χ4n) is 1.44. The number of halogens is 5. The van der Waals surface area contributed by atoms with Gasteiger partial charge in [-0.15, -0.1) is 0 Å². The normalized spacial score (nSPS) is 11.6. The quantitative estimate of drug-likeness (QED) is 0.714. The molecule has 1 heterocycles. The average Bonchev–Trinajstić information content (AvgIpc) is 2.27. The largest absolute Gasteiger partial charge is 0.433 e. The Morgan fingerprint density at radius 1 is 0.944 bits per heavy atom. The van der Waals surface area contributed by atoms with E-state index in [9.17, 15) is 13.2 Å². The van der Waals surface area contributed by atoms with Crippen molar-refractivity contribution in [3.05, 3.63) is 52.1 Å². The molecule has 0 unspecified atom stereocenters. The third kappa shape index (κ3) is 2.94. The standard InChI is InChI=1S/C12H6Cl2F3N/c13-8-3-1-2-7(4-8)10-5-9(14)6-11(18-10)12(15,16)17/h1-6H. The van der Waals surface area contributed by atoms with Crippen LogP contribution in [0.25, 0.3) is 11.3 Å². The van der Waals surface area contributed by atoms with Crippen molar-refractivity contribution in [2.45, 2.75) is 6.18 Å². The first-order valence-corrected chi connectivity index (χ1v) is 5.62. The molecule has 2 aromatic rings. The number of alkyl halides is 3. The lowest BCUT2D eigenvalue weighted by molar-refractivity contribution is -0.141. The molecule has 0 bridgehead atoms. The molecule has 1 aromatic carbocycles. The minimum atomic E-state index is -4.53. The van der Waals surface area contributed by atoms with E-state index in [1.807, 2.05) is 0 Å². The summed E-state index contributed by atoms with van der Waals surface area (Å²) >= 11 is 11.5. The van der Waals surface area contributed by atoms with Gasteiger partial charge in [-0.2, -0.15) is 13.2 Å². The molecule has 1 aromatic heterocycles. The topological polar surface area (TPSA) is 12.9 Å². The van der Waals surface area contributed by atoms with E-state index in [0.29, 0.717) is 10.6 Å². The third-order valence-electron chi connectivity index (χ3n) is 2.20. The van der Waals surface area contributed by atoms with E-state index < -0.39 is 11.9 Å². The predicted molar refractivity (Wildman–Crippen MR) is 64.7 cm³/mol. The molecule has 0 saturated carbocycles. The van der Waals surface area contributed by atoms with Crippen molar-refractivity contribution in [2.24, 2.45) is 0 Å². The molecular formula is C12H6Cl2F3N. The van der Waals surface area contributed by atoms with Crippen LogP contribution >= 0.6 is 23.2 Å². The first kappa shape index (κ1) is 13.2. The molecule has 0 amide bonds. The van der Waals surface area contributed by atoms with Crippen LogP contribution in [0.1, 0.15) is 5.69 Å². The summed E-state index contributed by atoms with van der Waals surface area (Å²) in [6, 6.07) is 8.55. The molecule has 0 saturated heterocycles. The van der Waals surface area contributed by atoms with E-state index in [0.717, 1.165) is 6.07 Å². The van der Waals surface area contributed by atoms with Gasteiger partial charge in [-0.3, -0.25) is 0 Å². The van der Waals surface area contributed by atoms with Gasteiger partial charge >= 0.3 is 6.18 Å². The van der Waals surface area contributed by atoms with Gasteiger partial charge < -0.3 is 0 Å². The molecule has 1 nitrogen and oxygen atoms in total. The van der Waals surface area contributed by atoms with E-state index >= 15 is 0 Å². The highest BCUT2D eigenvalue weighted by Gasteiger charge is 2.33. The lowest BCUT2D eigenvalue weighted by Gasteiger charge is -2.09. The van der Waals surface area contributed by atoms with Crippen LogP contribution in [0.5, 0.6) is 0 Å². The Morgan fingerprint density at radius 3 is 2.28 bits per heavy atom. The molecule has 0 spiro atoms. The first-order valence-electron chi connectivity index (χ1n) is 4.87. The zero-order chi connectivity index (χ0) is 13.3. The Morgan fingerprint density at radius 2 is 1.67 bits per heavy atom. The van der Waals surface area contributed by atoms with Crippen LogP contribution in [-0.4, -0.2) is 4.98 Å². The maximum absolute atomic E-state index is 12.6. The van der Waals surface area contributed by atoms with Crippen LogP contribution in [0.4, 0.5) is 13.2 Å². The zero-order valence-corrected chi connectivity index (χ0v) is 10.3. The molecule has 0 aliphatic heterocycles. The van der Waals surface area contributed by atoms with Crippen LogP contribution in [-0.2, 0) is 6.18 Å². The van der Waals surface area contributed by atoms with Crippen molar-refractivity contribution in [1.29, 1.82) is 0 Å². The van der Waals surface area contributed by atoms with Crippen molar-refractivity contribution < 1.29 is 13.2 Å². The van der Waals surface area contributed by atoms with Gasteiger partial charge in [0.15, 0.2) is 0 Å². The SMILES string of the molecule is FC(F)(F)c1cc(Cl)cc(-c2cccc(Cl)c2)n1. The van der Waals surface area contributed by atoms with Gasteiger partial charge in [0.2, 0.25) is 0 Å². The Hall–Kier alpha value is -1.26. The first-order chi connectivity index (χ1) is 8.36. The minimum absolute atomic E-state index is 0.0210. The van der Waals surface area contributed by atoms with Crippen molar-refractivity contribution in [2.75, 3.05) is 0 Å². The van der Waals surface area contributed by atoms with E-state index in [1.165, 1.54) is 12.1 Å². The molecule has 18 heavy (non-hydrogen) atoms. The molecule has 0 atom stereocenters. The van der Waals surface area contributed by atoms with E-state index in [2.05, 4.69) is 4.98 Å². The molecule has 0 aliphatic carbocycles. The number of hydrogen-bond acceptors (Lipinski definition) is 1. The van der Waals surface area contributed by atoms with Gasteiger partial charge in [-0.05, 0) is 24.3 Å². The van der Waals surface area contributed by atoms with Gasteiger partial charge in [0.05, 0.1) is 5.69 Å². The smallest absolute Gasteiger partial charge is 0.243 e. The molecule has 0 fully saturated rings. The maximum Gasteiger partial charge on any atom is 0.433 e. The van der Waals surface area contributed by atoms with Crippen LogP contribution in [0, 0.1) is 0 Å². The van der Waals surface area contributed by atoms with Crippen molar-refractivity contribution in [1.82, 2.24) is 4.98 Å². The van der Waals surface area contributed by atoms with Gasteiger partial charge in [0.1, 0.15) is 5.69 Å². The number of rotatable bonds is 1.